The van der Waals surface area contributed by atoms with Crippen LogP contribution in [0.4, 0.5) is 0 Å². The molecule has 0 spiro atoms. The Balaban J connectivity index is 1.49. The van der Waals surface area contributed by atoms with Crippen LogP contribution in [0.1, 0.15) is 65.9 Å². The number of hydrogen-bond acceptors (Lipinski definition) is 4. The minimum Gasteiger partial charge on any atom is -0.454 e. The summed E-state index contributed by atoms with van der Waals surface area (Å²) in [7, 11) is 0. The molecule has 0 saturated heterocycles. The fraction of sp³-hybridized carbons (Fsp3) is 0.188. The highest BCUT2D eigenvalue weighted by Crippen LogP contribution is 2.55. The van der Waals surface area contributed by atoms with Crippen LogP contribution in [-0.2, 0) is 9.47 Å². The van der Waals surface area contributed by atoms with Gasteiger partial charge < -0.3 is 9.47 Å². The molecule has 0 radical (unpaired) electrons. The highest BCUT2D eigenvalue weighted by atomic mass is 16.6. The summed E-state index contributed by atoms with van der Waals surface area (Å²) in [4.78, 5) is 26.5. The molecule has 2 unspecified atom stereocenters. The SMILES string of the molecule is Cc1ccc2c(c1)[C@H]1c3ccc(C)cc3[C@H]2C(OC(=O)c2ccccc2)C1OC(=O)c1ccccc1. The maximum absolute atomic E-state index is 13.3. The van der Waals surface area contributed by atoms with Gasteiger partial charge in [-0.15, -0.1) is 0 Å². The first kappa shape index (κ1) is 22.3. The zero-order chi connectivity index (χ0) is 24.8. The Morgan fingerprint density at radius 3 is 1.31 bits per heavy atom. The summed E-state index contributed by atoms with van der Waals surface area (Å²) in [5, 5.41) is 0. The van der Waals surface area contributed by atoms with Gasteiger partial charge in [-0.3, -0.25) is 0 Å². The van der Waals surface area contributed by atoms with Crippen molar-refractivity contribution in [2.24, 2.45) is 0 Å². The number of ether oxygens (including phenoxy) is 2. The summed E-state index contributed by atoms with van der Waals surface area (Å²) in [6.07, 6.45) is -1.31. The van der Waals surface area contributed by atoms with Crippen molar-refractivity contribution in [3.05, 3.63) is 142 Å². The number of carbonyl (C=O) groups is 2. The number of aryl methyl sites for hydroxylation is 2. The Kier molecular flexibility index (Phi) is 5.45. The number of carbonyl (C=O) groups excluding carboxylic acids is 2. The van der Waals surface area contributed by atoms with E-state index in [1.807, 2.05) is 36.4 Å². The topological polar surface area (TPSA) is 52.6 Å². The average Bonchev–Trinajstić information content (AvgIpc) is 2.90. The van der Waals surface area contributed by atoms with E-state index in [1.165, 1.54) is 0 Å². The normalized spacial score (nSPS) is 21.3. The van der Waals surface area contributed by atoms with E-state index in [4.69, 9.17) is 9.47 Å². The predicted octanol–water partition coefficient (Wildman–Crippen LogP) is 6.35. The van der Waals surface area contributed by atoms with Crippen LogP contribution in [0.5, 0.6) is 0 Å². The van der Waals surface area contributed by atoms with Crippen LogP contribution < -0.4 is 0 Å². The van der Waals surface area contributed by atoms with E-state index in [0.717, 1.165) is 33.4 Å². The van der Waals surface area contributed by atoms with Crippen molar-refractivity contribution in [2.75, 3.05) is 0 Å². The first-order valence-electron chi connectivity index (χ1n) is 12.2. The van der Waals surface area contributed by atoms with E-state index in [2.05, 4.69) is 50.2 Å². The molecule has 3 aliphatic carbocycles. The number of hydrogen-bond donors (Lipinski definition) is 0. The van der Waals surface area contributed by atoms with Gasteiger partial charge in [0, 0.05) is 0 Å². The molecule has 4 heteroatoms. The molecule has 2 bridgehead atoms. The van der Waals surface area contributed by atoms with Gasteiger partial charge in [-0.2, -0.15) is 0 Å². The lowest BCUT2D eigenvalue weighted by molar-refractivity contribution is -0.0557. The molecule has 0 aromatic heterocycles. The molecule has 0 saturated carbocycles. The Hall–Kier alpha value is -4.18. The van der Waals surface area contributed by atoms with E-state index < -0.39 is 24.1 Å². The second kappa shape index (κ2) is 8.80. The monoisotopic (exact) mass is 474 g/mol. The average molecular weight is 475 g/mol. The van der Waals surface area contributed by atoms with Gasteiger partial charge in [-0.05, 0) is 60.4 Å². The molecule has 0 N–H and O–H groups in total. The smallest absolute Gasteiger partial charge is 0.338 e. The molecule has 3 aliphatic rings. The lowest BCUT2D eigenvalue weighted by atomic mass is 9.60. The van der Waals surface area contributed by atoms with E-state index >= 15 is 0 Å². The summed E-state index contributed by atoms with van der Waals surface area (Å²) in [6.45, 7) is 4.13. The molecule has 36 heavy (non-hydrogen) atoms. The second-order valence-corrected chi connectivity index (χ2v) is 9.69. The van der Waals surface area contributed by atoms with Gasteiger partial charge in [0.15, 0.2) is 12.2 Å². The largest absolute Gasteiger partial charge is 0.454 e. The minimum absolute atomic E-state index is 0.235. The summed E-state index contributed by atoms with van der Waals surface area (Å²) in [5.74, 6) is -1.31. The van der Waals surface area contributed by atoms with Crippen LogP contribution >= 0.6 is 0 Å². The lowest BCUT2D eigenvalue weighted by Gasteiger charge is -2.49. The molecular weight excluding hydrogens is 448 g/mol. The van der Waals surface area contributed by atoms with Crippen LogP contribution in [0, 0.1) is 13.8 Å². The zero-order valence-electron chi connectivity index (χ0n) is 20.2. The molecule has 4 atom stereocenters. The van der Waals surface area contributed by atoms with Crippen molar-refractivity contribution in [3.8, 4) is 0 Å². The first-order chi connectivity index (χ1) is 17.5. The summed E-state index contributed by atoms with van der Waals surface area (Å²) in [5.41, 5.74) is 7.75. The van der Waals surface area contributed by atoms with Crippen molar-refractivity contribution >= 4 is 11.9 Å². The standard InChI is InChI=1S/C32H26O4/c1-19-13-15-23-25(17-19)27-24-16-14-20(2)18-26(24)28(23)30(36-32(34)22-11-7-4-8-12-22)29(27)35-31(33)21-9-5-3-6-10-21/h3-18,27-30H,1-2H3/t27-,28+,29?,30?. The van der Waals surface area contributed by atoms with E-state index in [9.17, 15) is 9.59 Å². The Morgan fingerprint density at radius 1 is 0.528 bits per heavy atom. The van der Waals surface area contributed by atoms with Gasteiger partial charge >= 0.3 is 11.9 Å². The van der Waals surface area contributed by atoms with Gasteiger partial charge in [0.1, 0.15) is 0 Å². The summed E-state index contributed by atoms with van der Waals surface area (Å²) >= 11 is 0. The Morgan fingerprint density at radius 2 is 0.917 bits per heavy atom. The Labute approximate surface area is 210 Å². The van der Waals surface area contributed by atoms with Gasteiger partial charge in [-0.25, -0.2) is 9.59 Å². The van der Waals surface area contributed by atoms with Crippen LogP contribution in [0.25, 0.3) is 0 Å². The number of esters is 2. The third-order valence-electron chi connectivity index (χ3n) is 7.31. The highest BCUT2D eigenvalue weighted by molar-refractivity contribution is 5.90. The molecule has 4 aromatic rings. The van der Waals surface area contributed by atoms with Gasteiger partial charge in [0.25, 0.3) is 0 Å². The molecule has 4 aromatic carbocycles. The third kappa shape index (κ3) is 3.70. The van der Waals surface area contributed by atoms with Crippen LogP contribution in [0.3, 0.4) is 0 Å². The van der Waals surface area contributed by atoms with E-state index in [0.29, 0.717) is 11.1 Å². The van der Waals surface area contributed by atoms with Crippen LogP contribution in [0.15, 0.2) is 97.1 Å². The molecule has 0 fully saturated rings. The number of fused-ring (bicyclic) bond motifs is 1. The van der Waals surface area contributed by atoms with Crippen molar-refractivity contribution < 1.29 is 19.1 Å². The molecule has 4 nitrogen and oxygen atoms in total. The molecule has 7 rings (SSSR count). The molecule has 0 heterocycles. The quantitative estimate of drug-likeness (QED) is 0.324. The van der Waals surface area contributed by atoms with E-state index in [-0.39, 0.29) is 11.8 Å². The number of benzene rings is 4. The van der Waals surface area contributed by atoms with Crippen molar-refractivity contribution in [3.63, 3.8) is 0 Å². The lowest BCUT2D eigenvalue weighted by Crippen LogP contribution is -2.51. The predicted molar refractivity (Wildman–Crippen MR) is 137 cm³/mol. The molecular formula is C32H26O4. The van der Waals surface area contributed by atoms with E-state index in [1.54, 1.807) is 24.3 Å². The fourth-order valence-corrected chi connectivity index (χ4v) is 5.72. The van der Waals surface area contributed by atoms with Gasteiger partial charge in [0.05, 0.1) is 23.0 Å². The second-order valence-electron chi connectivity index (χ2n) is 9.69. The number of rotatable bonds is 4. The maximum Gasteiger partial charge on any atom is 0.338 e. The first-order valence-corrected chi connectivity index (χ1v) is 12.2. The summed E-state index contributed by atoms with van der Waals surface area (Å²) in [6, 6.07) is 30.7. The van der Waals surface area contributed by atoms with Crippen LogP contribution in [-0.4, -0.2) is 24.1 Å². The molecule has 178 valence electrons. The van der Waals surface area contributed by atoms with Gasteiger partial charge in [-0.1, -0.05) is 83.9 Å². The Bertz CT molecular complexity index is 1350. The zero-order valence-corrected chi connectivity index (χ0v) is 20.2. The van der Waals surface area contributed by atoms with Crippen molar-refractivity contribution in [2.45, 2.75) is 37.9 Å². The summed E-state index contributed by atoms with van der Waals surface area (Å²) < 4.78 is 12.5. The maximum atomic E-state index is 13.3. The van der Waals surface area contributed by atoms with Crippen molar-refractivity contribution in [1.82, 2.24) is 0 Å². The fourth-order valence-electron chi connectivity index (χ4n) is 5.72. The van der Waals surface area contributed by atoms with Crippen LogP contribution in [0.2, 0.25) is 0 Å². The van der Waals surface area contributed by atoms with Gasteiger partial charge in [0.2, 0.25) is 0 Å². The highest BCUT2D eigenvalue weighted by Gasteiger charge is 2.54. The molecule has 0 amide bonds. The minimum atomic E-state index is -0.653. The third-order valence-corrected chi connectivity index (χ3v) is 7.31. The van der Waals surface area contributed by atoms with Crippen molar-refractivity contribution in [1.29, 1.82) is 0 Å². The molecule has 0 aliphatic heterocycles.